The maximum Gasteiger partial charge on any atom is 4.00 e. The van der Waals surface area contributed by atoms with Gasteiger partial charge in [0.15, 0.2) is 0 Å². The molecule has 0 bridgehead atoms. The number of rotatable bonds is 2. The second-order valence-corrected chi connectivity index (χ2v) is 11.3. The molecule has 0 nitrogen and oxygen atoms in total. The molecule has 0 spiro atoms. The molecule has 8 aromatic rings. The molecule has 0 aliphatic carbocycles. The third kappa shape index (κ3) is 7.44. The summed E-state index contributed by atoms with van der Waals surface area (Å²) in [5.41, 5.74) is 5.24. The molecule has 0 fully saturated rings. The van der Waals surface area contributed by atoms with Gasteiger partial charge >= 0.3 is 26.2 Å². The van der Waals surface area contributed by atoms with Crippen molar-refractivity contribution >= 4 is 52.6 Å². The van der Waals surface area contributed by atoms with Crippen molar-refractivity contribution in [3.8, 4) is 22.3 Å². The van der Waals surface area contributed by atoms with E-state index in [2.05, 4.69) is 171 Å². The Labute approximate surface area is 285 Å². The van der Waals surface area contributed by atoms with E-state index in [9.17, 15) is 0 Å². The summed E-state index contributed by atoms with van der Waals surface area (Å²) in [6, 6.07) is 56.3. The Morgan fingerprint density at radius 1 is 0.409 bits per heavy atom. The summed E-state index contributed by atoms with van der Waals surface area (Å²) in [5, 5.41) is 10.5. The van der Waals surface area contributed by atoms with Gasteiger partial charge in [0.1, 0.15) is 0 Å². The summed E-state index contributed by atoms with van der Waals surface area (Å²) in [6.07, 6.45) is 0. The Kier molecular flexibility index (Phi) is 12.8. The molecule has 214 valence electrons. The van der Waals surface area contributed by atoms with Gasteiger partial charge < -0.3 is 14.9 Å². The van der Waals surface area contributed by atoms with Gasteiger partial charge in [-0.2, -0.15) is 0 Å². The van der Waals surface area contributed by atoms with Crippen LogP contribution < -0.4 is 0 Å². The molecule has 0 saturated carbocycles. The second kappa shape index (κ2) is 16.3. The molecule has 2 heteroatoms. The number of hydrogen-bond donors (Lipinski definition) is 0. The first-order valence-electron chi connectivity index (χ1n) is 14.1. The zero-order valence-corrected chi connectivity index (χ0v) is 29.5. The van der Waals surface area contributed by atoms with E-state index >= 15 is 0 Å². The third-order valence-electron chi connectivity index (χ3n) is 7.44. The Hall–Kier alpha value is -3.84. The van der Waals surface area contributed by atoms with E-state index in [0.717, 1.165) is 9.52 Å². The number of fused-ring (bicyclic) bond motifs is 4. The fourth-order valence-electron chi connectivity index (χ4n) is 5.57. The first kappa shape index (κ1) is 34.6. The van der Waals surface area contributed by atoms with Gasteiger partial charge in [0.25, 0.3) is 0 Å². The fourth-order valence-corrected chi connectivity index (χ4v) is 5.57. The number of benzene rings is 6. The Bertz CT molecular complexity index is 1830. The largest absolute Gasteiger partial charge is 4.00 e. The molecular weight excluding hydrogens is 624 g/mol. The van der Waals surface area contributed by atoms with Crippen molar-refractivity contribution < 1.29 is 26.2 Å². The van der Waals surface area contributed by atoms with E-state index in [1.54, 1.807) is 0 Å². The Morgan fingerprint density at radius 2 is 0.727 bits per heavy atom. The topological polar surface area (TPSA) is 0 Å². The quantitative estimate of drug-likeness (QED) is 0.128. The van der Waals surface area contributed by atoms with E-state index in [4.69, 9.17) is 0 Å². The average Bonchev–Trinajstić information content (AvgIpc) is 3.66. The van der Waals surface area contributed by atoms with Crippen molar-refractivity contribution in [3.63, 3.8) is 0 Å². The zero-order chi connectivity index (χ0) is 28.0. The molecule has 8 rings (SSSR count). The maximum absolute atomic E-state index is 2.27. The van der Waals surface area contributed by atoms with Crippen LogP contribution in [0.2, 0.25) is 13.1 Å². The molecule has 0 atom stereocenters. The normalized spacial score (nSPS) is 10.0. The molecule has 0 saturated heterocycles. The summed E-state index contributed by atoms with van der Waals surface area (Å²) >= 11 is 0. The standard InChI is InChI=1S/2C19H13.C2H6Si.2CH3.Zr/c2*1-2-8-16-13-17(12-15(16)7-1)19-11-5-9-14-6-3-4-10-18(14)19;1-3-2;;;/h2*1-13H;1-2H3;2*1H3;/q2*-1;;2*-1;+4. The summed E-state index contributed by atoms with van der Waals surface area (Å²) in [7, 11) is 1.08. The predicted octanol–water partition coefficient (Wildman–Crippen LogP) is 12.4. The van der Waals surface area contributed by atoms with Crippen LogP contribution in [0.25, 0.3) is 65.3 Å². The molecule has 0 unspecified atom stereocenters. The summed E-state index contributed by atoms with van der Waals surface area (Å²) in [5.74, 6) is 0. The van der Waals surface area contributed by atoms with Crippen molar-refractivity contribution in [1.29, 1.82) is 0 Å². The van der Waals surface area contributed by atoms with Gasteiger partial charge in [-0.05, 0) is 21.5 Å². The molecule has 0 aliphatic rings. The van der Waals surface area contributed by atoms with Crippen LogP contribution in [0.5, 0.6) is 0 Å². The monoisotopic (exact) mass is 660 g/mol. The molecular formula is C42H38SiZr. The molecule has 0 amide bonds. The van der Waals surface area contributed by atoms with Crippen LogP contribution in [0.4, 0.5) is 0 Å². The van der Waals surface area contributed by atoms with Crippen molar-refractivity contribution in [2.24, 2.45) is 0 Å². The minimum Gasteiger partial charge on any atom is -0.358 e. The van der Waals surface area contributed by atoms with Crippen molar-refractivity contribution in [2.45, 2.75) is 13.1 Å². The van der Waals surface area contributed by atoms with Crippen LogP contribution in [0.15, 0.2) is 158 Å². The van der Waals surface area contributed by atoms with E-state index in [0.29, 0.717) is 0 Å². The van der Waals surface area contributed by atoms with E-state index < -0.39 is 0 Å². The van der Waals surface area contributed by atoms with Crippen LogP contribution in [0.1, 0.15) is 0 Å². The third-order valence-corrected chi connectivity index (χ3v) is 7.44. The minimum atomic E-state index is 0. The smallest absolute Gasteiger partial charge is 0.358 e. The maximum atomic E-state index is 2.27. The van der Waals surface area contributed by atoms with E-state index in [-0.39, 0.29) is 41.1 Å². The van der Waals surface area contributed by atoms with Crippen LogP contribution in [0, 0.1) is 14.9 Å². The van der Waals surface area contributed by atoms with Crippen LogP contribution >= 0.6 is 0 Å². The summed E-state index contributed by atoms with van der Waals surface area (Å²) in [6.45, 7) is 4.31. The van der Waals surface area contributed by atoms with Crippen molar-refractivity contribution in [1.82, 2.24) is 0 Å². The first-order valence-corrected chi connectivity index (χ1v) is 16.1. The van der Waals surface area contributed by atoms with Gasteiger partial charge in [0.2, 0.25) is 0 Å². The predicted molar refractivity (Wildman–Crippen MR) is 195 cm³/mol. The summed E-state index contributed by atoms with van der Waals surface area (Å²) < 4.78 is 0. The SMILES string of the molecule is C[Si]C.[CH3-].[CH3-].[Zr+4].c1ccc2[cH-]c(-c3cccc4ccccc34)cc2c1.c1ccc2[cH-]c(-c3cccc4ccccc34)cc2c1. The zero-order valence-electron chi connectivity index (χ0n) is 26.0. The van der Waals surface area contributed by atoms with Gasteiger partial charge in [-0.15, -0.1) is 69.1 Å². The first-order chi connectivity index (χ1) is 20.2. The molecule has 8 aromatic carbocycles. The van der Waals surface area contributed by atoms with Gasteiger partial charge in [-0.25, -0.2) is 0 Å². The Morgan fingerprint density at radius 3 is 1.11 bits per heavy atom. The molecule has 0 aromatic heterocycles. The van der Waals surface area contributed by atoms with Gasteiger partial charge in [-0.1, -0.05) is 146 Å². The molecule has 0 aliphatic heterocycles. The van der Waals surface area contributed by atoms with Crippen LogP contribution in [-0.4, -0.2) is 9.52 Å². The van der Waals surface area contributed by atoms with Gasteiger partial charge in [0.05, 0.1) is 0 Å². The molecule has 0 N–H and O–H groups in total. The molecule has 44 heavy (non-hydrogen) atoms. The van der Waals surface area contributed by atoms with Gasteiger partial charge in [-0.3, -0.25) is 0 Å². The summed E-state index contributed by atoms with van der Waals surface area (Å²) in [4.78, 5) is 0. The van der Waals surface area contributed by atoms with E-state index in [1.807, 2.05) is 0 Å². The van der Waals surface area contributed by atoms with Crippen molar-refractivity contribution in [2.75, 3.05) is 0 Å². The van der Waals surface area contributed by atoms with E-state index in [1.165, 1.54) is 65.3 Å². The number of hydrogen-bond acceptors (Lipinski definition) is 0. The van der Waals surface area contributed by atoms with Gasteiger partial charge in [0, 0.05) is 9.52 Å². The fraction of sp³-hybridized carbons (Fsp3) is 0.0476. The average molecular weight is 662 g/mol. The second-order valence-electron chi connectivity index (χ2n) is 10.3. The minimum absolute atomic E-state index is 0. The molecule has 0 heterocycles. The molecule has 2 radical (unpaired) electrons. The van der Waals surface area contributed by atoms with Crippen LogP contribution in [-0.2, 0) is 26.2 Å². The van der Waals surface area contributed by atoms with Crippen molar-refractivity contribution in [3.05, 3.63) is 173 Å². The van der Waals surface area contributed by atoms with Crippen LogP contribution in [0.3, 0.4) is 0 Å². The Balaban J connectivity index is 0.000000208.